The molecule has 0 spiro atoms. The molecule has 0 atom stereocenters. The van der Waals surface area contributed by atoms with Gasteiger partial charge in [-0.2, -0.15) is 0 Å². The van der Waals surface area contributed by atoms with Gasteiger partial charge in [-0.25, -0.2) is 13.8 Å². The second-order valence-corrected chi connectivity index (χ2v) is 9.26. The summed E-state index contributed by atoms with van der Waals surface area (Å²) in [5, 5.41) is 3.53. The zero-order valence-corrected chi connectivity index (χ0v) is 17.9. The number of amides is 1. The number of fused-ring (bicyclic) bond motifs is 3. The summed E-state index contributed by atoms with van der Waals surface area (Å²) in [7, 11) is 1.63. The predicted octanol–water partition coefficient (Wildman–Crippen LogP) is 4.26. The van der Waals surface area contributed by atoms with Gasteiger partial charge in [0.1, 0.15) is 10.6 Å². The van der Waals surface area contributed by atoms with E-state index >= 15 is 0 Å². The number of anilines is 1. The topological polar surface area (TPSA) is 64.0 Å². The maximum absolute atomic E-state index is 13.9. The lowest BCUT2D eigenvalue weighted by Crippen LogP contribution is -2.21. The van der Waals surface area contributed by atoms with Crippen LogP contribution >= 0.6 is 39.0 Å². The SMILES string of the molecule is Cn1c(SCC(=O)Nc2c(F)cc(F)cc2Br)nc2sc3c(c2c1=O)CCC3. The van der Waals surface area contributed by atoms with Crippen LogP contribution in [0, 0.1) is 11.6 Å². The lowest BCUT2D eigenvalue weighted by molar-refractivity contribution is -0.113. The van der Waals surface area contributed by atoms with Crippen molar-refractivity contribution in [2.24, 2.45) is 7.05 Å². The quantitative estimate of drug-likeness (QED) is 0.443. The fourth-order valence-electron chi connectivity index (χ4n) is 3.20. The van der Waals surface area contributed by atoms with Gasteiger partial charge in [0.2, 0.25) is 5.91 Å². The maximum atomic E-state index is 13.9. The number of aryl methyl sites for hydroxylation is 2. The highest BCUT2D eigenvalue weighted by Crippen LogP contribution is 2.35. The molecule has 0 fully saturated rings. The van der Waals surface area contributed by atoms with Gasteiger partial charge in [0.25, 0.3) is 5.56 Å². The Balaban J connectivity index is 1.54. The van der Waals surface area contributed by atoms with E-state index in [9.17, 15) is 18.4 Å². The van der Waals surface area contributed by atoms with Crippen molar-refractivity contribution in [3.8, 4) is 0 Å². The first-order valence-corrected chi connectivity index (χ1v) is 11.0. The molecular formula is C18H14BrF2N3O2S2. The van der Waals surface area contributed by atoms with Crippen molar-refractivity contribution in [1.82, 2.24) is 9.55 Å². The number of hydrogen-bond acceptors (Lipinski definition) is 5. The molecule has 1 aliphatic rings. The first-order chi connectivity index (χ1) is 13.3. The minimum atomic E-state index is -0.870. The van der Waals surface area contributed by atoms with Crippen LogP contribution in [0.5, 0.6) is 0 Å². The van der Waals surface area contributed by atoms with Crippen LogP contribution in [-0.4, -0.2) is 21.2 Å². The van der Waals surface area contributed by atoms with Crippen molar-refractivity contribution in [2.75, 3.05) is 11.1 Å². The van der Waals surface area contributed by atoms with Crippen molar-refractivity contribution in [3.63, 3.8) is 0 Å². The molecule has 1 N–H and O–H groups in total. The molecule has 5 nitrogen and oxygen atoms in total. The third-order valence-electron chi connectivity index (χ3n) is 4.51. The van der Waals surface area contributed by atoms with Crippen molar-refractivity contribution >= 4 is 60.8 Å². The molecule has 2 heterocycles. The van der Waals surface area contributed by atoms with E-state index in [1.165, 1.54) is 20.8 Å². The van der Waals surface area contributed by atoms with Crippen molar-refractivity contribution in [1.29, 1.82) is 0 Å². The molecule has 2 aromatic heterocycles. The van der Waals surface area contributed by atoms with Crippen molar-refractivity contribution in [2.45, 2.75) is 24.4 Å². The molecule has 0 saturated carbocycles. The molecule has 1 aromatic carbocycles. The Kier molecular flexibility index (Phi) is 5.28. The molecule has 146 valence electrons. The highest BCUT2D eigenvalue weighted by Gasteiger charge is 2.23. The summed E-state index contributed by atoms with van der Waals surface area (Å²) in [4.78, 5) is 31.4. The van der Waals surface area contributed by atoms with Gasteiger partial charge in [0.15, 0.2) is 11.0 Å². The number of rotatable bonds is 4. The summed E-state index contributed by atoms with van der Waals surface area (Å²) < 4.78 is 28.6. The van der Waals surface area contributed by atoms with E-state index in [0.29, 0.717) is 21.4 Å². The molecule has 1 aliphatic carbocycles. The van der Waals surface area contributed by atoms with Gasteiger partial charge in [0, 0.05) is 22.5 Å². The van der Waals surface area contributed by atoms with Crippen molar-refractivity contribution < 1.29 is 13.6 Å². The summed E-state index contributed by atoms with van der Waals surface area (Å²) in [6, 6.07) is 1.77. The molecule has 10 heteroatoms. The van der Waals surface area contributed by atoms with Crippen LogP contribution in [0.4, 0.5) is 14.5 Å². The van der Waals surface area contributed by atoms with E-state index in [0.717, 1.165) is 42.7 Å². The molecule has 0 unspecified atom stereocenters. The van der Waals surface area contributed by atoms with Crippen LogP contribution in [0.25, 0.3) is 10.2 Å². The number of thiophene rings is 1. The Bertz CT molecular complexity index is 1150. The largest absolute Gasteiger partial charge is 0.322 e. The Hall–Kier alpha value is -1.78. The summed E-state index contributed by atoms with van der Waals surface area (Å²) in [5.74, 6) is -2.17. The Labute approximate surface area is 175 Å². The van der Waals surface area contributed by atoms with Crippen LogP contribution in [0.2, 0.25) is 0 Å². The Morgan fingerprint density at radius 2 is 2.18 bits per heavy atom. The summed E-state index contributed by atoms with van der Waals surface area (Å²) in [5.41, 5.74) is 0.873. The Morgan fingerprint density at radius 3 is 2.93 bits per heavy atom. The van der Waals surface area contributed by atoms with Crippen LogP contribution < -0.4 is 10.9 Å². The summed E-state index contributed by atoms with van der Waals surface area (Å²) >= 11 is 5.66. The Morgan fingerprint density at radius 1 is 1.39 bits per heavy atom. The first-order valence-electron chi connectivity index (χ1n) is 8.43. The number of thioether (sulfide) groups is 1. The summed E-state index contributed by atoms with van der Waals surface area (Å²) in [6.45, 7) is 0. The molecule has 0 bridgehead atoms. The first kappa shape index (κ1) is 19.5. The average molecular weight is 486 g/mol. The summed E-state index contributed by atoms with van der Waals surface area (Å²) in [6.07, 6.45) is 2.94. The minimum absolute atomic E-state index is 0.0693. The van der Waals surface area contributed by atoms with E-state index in [1.807, 2.05) is 0 Å². The van der Waals surface area contributed by atoms with Gasteiger partial charge in [-0.05, 0) is 46.8 Å². The highest BCUT2D eigenvalue weighted by molar-refractivity contribution is 9.10. The number of nitrogens with one attached hydrogen (secondary N) is 1. The van der Waals surface area contributed by atoms with Gasteiger partial charge in [0.05, 0.1) is 16.8 Å². The zero-order chi connectivity index (χ0) is 20.0. The molecule has 0 aliphatic heterocycles. The lowest BCUT2D eigenvalue weighted by atomic mass is 10.2. The van der Waals surface area contributed by atoms with Gasteiger partial charge in [-0.15, -0.1) is 11.3 Å². The van der Waals surface area contributed by atoms with E-state index in [2.05, 4.69) is 26.2 Å². The minimum Gasteiger partial charge on any atom is -0.322 e. The molecule has 1 amide bonds. The van der Waals surface area contributed by atoms with Gasteiger partial charge >= 0.3 is 0 Å². The monoisotopic (exact) mass is 485 g/mol. The molecule has 28 heavy (non-hydrogen) atoms. The number of halogens is 3. The molecule has 4 rings (SSSR count). The van der Waals surface area contributed by atoms with E-state index < -0.39 is 17.5 Å². The normalized spacial score (nSPS) is 13.1. The van der Waals surface area contributed by atoms with Crippen LogP contribution in [0.1, 0.15) is 16.9 Å². The fraction of sp³-hybridized carbons (Fsp3) is 0.278. The van der Waals surface area contributed by atoms with Gasteiger partial charge in [-0.3, -0.25) is 14.2 Å². The number of aromatic nitrogens is 2. The average Bonchev–Trinajstić information content (AvgIpc) is 3.20. The molecular weight excluding hydrogens is 472 g/mol. The zero-order valence-electron chi connectivity index (χ0n) is 14.6. The molecule has 0 saturated heterocycles. The number of hydrogen-bond donors (Lipinski definition) is 1. The maximum Gasteiger partial charge on any atom is 0.262 e. The second kappa shape index (κ2) is 7.57. The van der Waals surface area contributed by atoms with Gasteiger partial charge < -0.3 is 5.32 Å². The van der Waals surface area contributed by atoms with Gasteiger partial charge in [-0.1, -0.05) is 11.8 Å². The fourth-order valence-corrected chi connectivity index (χ4v) is 5.78. The van der Waals surface area contributed by atoms with E-state index in [4.69, 9.17) is 0 Å². The smallest absolute Gasteiger partial charge is 0.262 e. The number of nitrogens with zero attached hydrogens (tertiary/aromatic N) is 2. The third-order valence-corrected chi connectivity index (χ3v) is 7.35. The van der Waals surface area contributed by atoms with E-state index in [-0.39, 0.29) is 21.5 Å². The number of carbonyl (C=O) groups is 1. The van der Waals surface area contributed by atoms with Crippen LogP contribution in [-0.2, 0) is 24.7 Å². The standard InChI is InChI=1S/C18H14BrF2N3O2S2/c1-24-17(26)14-9-3-2-4-12(9)28-16(14)23-18(24)27-7-13(25)22-15-10(19)5-8(20)6-11(15)21/h5-6H,2-4,7H2,1H3,(H,22,25). The number of benzene rings is 1. The predicted molar refractivity (Wildman–Crippen MR) is 110 cm³/mol. The lowest BCUT2D eigenvalue weighted by Gasteiger charge is -2.10. The van der Waals surface area contributed by atoms with Crippen LogP contribution in [0.15, 0.2) is 26.6 Å². The van der Waals surface area contributed by atoms with E-state index in [1.54, 1.807) is 7.05 Å². The van der Waals surface area contributed by atoms with Crippen molar-refractivity contribution in [3.05, 3.63) is 49.0 Å². The second-order valence-electron chi connectivity index (χ2n) is 6.38. The third kappa shape index (κ3) is 3.48. The number of carbonyl (C=O) groups excluding carboxylic acids is 1. The highest BCUT2D eigenvalue weighted by atomic mass is 79.9. The molecule has 3 aromatic rings. The van der Waals surface area contributed by atoms with Crippen LogP contribution in [0.3, 0.4) is 0 Å². The molecule has 0 radical (unpaired) electrons.